The lowest BCUT2D eigenvalue weighted by Crippen LogP contribution is -2.56. The van der Waals surface area contributed by atoms with E-state index in [2.05, 4.69) is 48.1 Å². The molecule has 1 amide bonds. The molecule has 0 radical (unpaired) electrons. The summed E-state index contributed by atoms with van der Waals surface area (Å²) in [6.07, 6.45) is 2.72. The maximum atomic E-state index is 12.2. The predicted molar refractivity (Wildman–Crippen MR) is 136 cm³/mol. The van der Waals surface area contributed by atoms with Crippen molar-refractivity contribution in [1.29, 1.82) is 0 Å². The summed E-state index contributed by atoms with van der Waals surface area (Å²) < 4.78 is 29.6. The van der Waals surface area contributed by atoms with Crippen molar-refractivity contribution in [3.8, 4) is 11.8 Å². The normalized spacial score (nSPS) is 16.6. The van der Waals surface area contributed by atoms with Gasteiger partial charge < -0.3 is 4.74 Å². The first-order valence-electron chi connectivity index (χ1n) is 11.5. The number of carbonyl (C=O) groups is 1. The predicted octanol–water partition coefficient (Wildman–Crippen LogP) is 1.92. The second kappa shape index (κ2) is 9.67. The highest BCUT2D eigenvalue weighted by Crippen LogP contribution is 2.34. The number of rotatable bonds is 7. The first-order chi connectivity index (χ1) is 17.0. The number of amides is 1. The fourth-order valence-corrected chi connectivity index (χ4v) is 5.01. The van der Waals surface area contributed by atoms with E-state index in [0.29, 0.717) is 13.2 Å². The van der Waals surface area contributed by atoms with Crippen LogP contribution in [0, 0.1) is 11.8 Å². The molecule has 1 aliphatic heterocycles. The lowest BCUT2D eigenvalue weighted by atomic mass is 9.86. The van der Waals surface area contributed by atoms with Crippen LogP contribution in [-0.4, -0.2) is 72.5 Å². The number of ether oxygens (including phenoxy) is 1. The van der Waals surface area contributed by atoms with Gasteiger partial charge in [-0.1, -0.05) is 24.0 Å². The summed E-state index contributed by atoms with van der Waals surface area (Å²) in [6, 6.07) is 13.9. The number of aryl methyl sites for hydroxylation is 1. The molecule has 0 bridgehead atoms. The molecule has 3 aromatic rings. The molecule has 0 aliphatic carbocycles. The molecule has 0 unspecified atom stereocenters. The molecule has 0 spiro atoms. The zero-order valence-corrected chi connectivity index (χ0v) is 21.6. The monoisotopic (exact) mass is 510 g/mol. The number of nitrogens with one attached hydrogen (secondary N) is 1. The number of benzene rings is 2. The van der Waals surface area contributed by atoms with Gasteiger partial charge in [-0.2, -0.15) is 5.10 Å². The maximum Gasteiger partial charge on any atom is 0.264 e. The van der Waals surface area contributed by atoms with Crippen LogP contribution in [0.2, 0.25) is 0 Å². The molecular formula is C26H30N4O5S. The minimum Gasteiger partial charge on any atom is -0.377 e. The fraction of sp³-hybridized carbons (Fsp3) is 0.385. The molecule has 2 N–H and O–H groups in total. The molecule has 10 heteroatoms. The third-order valence-electron chi connectivity index (χ3n) is 7.08. The van der Waals surface area contributed by atoms with E-state index in [1.165, 1.54) is 18.0 Å². The van der Waals surface area contributed by atoms with Gasteiger partial charge in [0.15, 0.2) is 14.6 Å². The summed E-state index contributed by atoms with van der Waals surface area (Å²) >= 11 is 0. The summed E-state index contributed by atoms with van der Waals surface area (Å²) in [6.45, 7) is 2.83. The quantitative estimate of drug-likeness (QED) is 0.284. The molecule has 2 heterocycles. The van der Waals surface area contributed by atoms with E-state index in [1.807, 2.05) is 30.3 Å². The highest BCUT2D eigenvalue weighted by atomic mass is 32.2. The van der Waals surface area contributed by atoms with E-state index in [9.17, 15) is 13.2 Å². The van der Waals surface area contributed by atoms with E-state index in [4.69, 9.17) is 9.94 Å². The molecule has 1 saturated heterocycles. The van der Waals surface area contributed by atoms with Gasteiger partial charge in [0.05, 0.1) is 24.3 Å². The number of aromatic nitrogens is 2. The van der Waals surface area contributed by atoms with E-state index < -0.39 is 20.5 Å². The van der Waals surface area contributed by atoms with Crippen molar-refractivity contribution in [3.63, 3.8) is 0 Å². The Morgan fingerprint density at radius 1 is 1.19 bits per heavy atom. The highest BCUT2D eigenvalue weighted by Gasteiger charge is 2.43. The molecule has 4 rings (SSSR count). The average Bonchev–Trinajstić information content (AvgIpc) is 3.22. The number of fused-ring (bicyclic) bond motifs is 1. The largest absolute Gasteiger partial charge is 0.377 e. The Morgan fingerprint density at radius 2 is 1.83 bits per heavy atom. The number of likely N-dealkylation sites (N-methyl/N-ethyl adjacent to an activating group) is 1. The van der Waals surface area contributed by atoms with Gasteiger partial charge in [-0.25, -0.2) is 13.9 Å². The molecule has 36 heavy (non-hydrogen) atoms. The highest BCUT2D eigenvalue weighted by molar-refractivity contribution is 7.92. The number of nitrogens with zero attached hydrogens (tertiary/aromatic N) is 3. The van der Waals surface area contributed by atoms with Crippen LogP contribution in [-0.2, 0) is 31.5 Å². The molecule has 2 aromatic carbocycles. The molecule has 1 atom stereocenters. The number of hydrogen-bond donors (Lipinski definition) is 2. The number of carbonyl (C=O) groups excluding carboxylic acids is 1. The van der Waals surface area contributed by atoms with Crippen molar-refractivity contribution in [3.05, 3.63) is 65.4 Å². The number of hydroxylamine groups is 1. The lowest BCUT2D eigenvalue weighted by Gasteiger charge is -2.47. The van der Waals surface area contributed by atoms with Crippen LogP contribution in [0.4, 0.5) is 0 Å². The van der Waals surface area contributed by atoms with E-state index in [0.717, 1.165) is 28.3 Å². The van der Waals surface area contributed by atoms with Crippen molar-refractivity contribution < 1.29 is 23.2 Å². The summed E-state index contributed by atoms with van der Waals surface area (Å²) in [5.41, 5.74) is 5.06. The Morgan fingerprint density at radius 3 is 2.39 bits per heavy atom. The van der Waals surface area contributed by atoms with E-state index in [-0.39, 0.29) is 18.5 Å². The standard InChI is InChI=1S/C26H30N4O5S/c1-25(24(31)28-32,36(4,33)34)13-14-30-16-21-15-20(9-12-23(21)27-30)6-5-19-7-10-22(11-8-19)26(29(2)3)17-35-18-26/h7-12,15-16,32H,13-14,17-18H2,1-4H3,(H,28,31)/t25-/m1/s1. The molecular weight excluding hydrogens is 480 g/mol. The van der Waals surface area contributed by atoms with E-state index in [1.54, 1.807) is 10.9 Å². The lowest BCUT2D eigenvalue weighted by molar-refractivity contribution is -0.131. The average molecular weight is 511 g/mol. The Hall–Kier alpha value is -3.23. The Labute approximate surface area is 210 Å². The SMILES string of the molecule is CN(C)C1(c2ccc(C#Cc3ccc4nn(CC[C@](C)(C(=O)NO)S(C)(=O)=O)cc4c3)cc2)COC1. The second-order valence-corrected chi connectivity index (χ2v) is 12.1. The Kier molecular flexibility index (Phi) is 6.94. The van der Waals surface area contributed by atoms with Crippen molar-refractivity contribution >= 4 is 26.6 Å². The minimum atomic E-state index is -3.77. The molecule has 1 aromatic heterocycles. The Bertz CT molecular complexity index is 1450. The molecule has 190 valence electrons. The van der Waals surface area contributed by atoms with Crippen molar-refractivity contribution in [2.24, 2.45) is 0 Å². The summed E-state index contributed by atoms with van der Waals surface area (Å²) in [5, 5.41) is 14.3. The van der Waals surface area contributed by atoms with Gasteiger partial charge in [-0.15, -0.1) is 0 Å². The first kappa shape index (κ1) is 25.9. The van der Waals surface area contributed by atoms with Crippen molar-refractivity contribution in [1.82, 2.24) is 20.2 Å². The topological polar surface area (TPSA) is 114 Å². The van der Waals surface area contributed by atoms with Crippen LogP contribution in [0.3, 0.4) is 0 Å². The van der Waals surface area contributed by atoms with Crippen LogP contribution in [0.15, 0.2) is 48.7 Å². The molecule has 0 saturated carbocycles. The Balaban J connectivity index is 1.49. The molecule has 1 aliphatic rings. The minimum absolute atomic E-state index is 0.0455. The van der Waals surface area contributed by atoms with Crippen LogP contribution >= 0.6 is 0 Å². The third-order valence-corrected chi connectivity index (χ3v) is 9.11. The van der Waals surface area contributed by atoms with E-state index >= 15 is 0 Å². The van der Waals surface area contributed by atoms with Gasteiger partial charge in [0.25, 0.3) is 5.91 Å². The molecule has 1 fully saturated rings. The zero-order chi connectivity index (χ0) is 26.1. The van der Waals surface area contributed by atoms with Gasteiger partial charge >= 0.3 is 0 Å². The zero-order valence-electron chi connectivity index (χ0n) is 20.8. The maximum absolute atomic E-state index is 12.2. The fourth-order valence-electron chi connectivity index (χ4n) is 4.17. The van der Waals surface area contributed by atoms with Crippen molar-refractivity contribution in [2.45, 2.75) is 30.2 Å². The van der Waals surface area contributed by atoms with Crippen LogP contribution in [0.25, 0.3) is 10.9 Å². The van der Waals surface area contributed by atoms with Gasteiger partial charge in [0.2, 0.25) is 0 Å². The van der Waals surface area contributed by atoms with Crippen molar-refractivity contribution in [2.75, 3.05) is 33.6 Å². The van der Waals surface area contributed by atoms with Gasteiger partial charge in [0.1, 0.15) is 0 Å². The summed E-state index contributed by atoms with van der Waals surface area (Å²) in [5.74, 6) is 5.42. The van der Waals surface area contributed by atoms with Gasteiger partial charge in [-0.05, 0) is 63.3 Å². The molecule has 9 nitrogen and oxygen atoms in total. The van der Waals surface area contributed by atoms with Crippen LogP contribution in [0.5, 0.6) is 0 Å². The van der Waals surface area contributed by atoms with Crippen LogP contribution in [0.1, 0.15) is 30.0 Å². The summed E-state index contributed by atoms with van der Waals surface area (Å²) in [4.78, 5) is 14.2. The summed E-state index contributed by atoms with van der Waals surface area (Å²) in [7, 11) is 0.350. The second-order valence-electron chi connectivity index (χ2n) is 9.61. The third kappa shape index (κ3) is 4.75. The van der Waals surface area contributed by atoms with Gasteiger partial charge in [0, 0.05) is 35.5 Å². The van der Waals surface area contributed by atoms with Gasteiger partial charge in [-0.3, -0.25) is 19.6 Å². The number of sulfone groups is 1. The first-order valence-corrected chi connectivity index (χ1v) is 13.4. The van der Waals surface area contributed by atoms with Crippen LogP contribution < -0.4 is 5.48 Å². The number of hydrogen-bond acceptors (Lipinski definition) is 7. The smallest absolute Gasteiger partial charge is 0.264 e.